The normalized spacial score (nSPS) is 11.9. The second-order valence-electron chi connectivity index (χ2n) is 4.64. The Kier molecular flexibility index (Phi) is 5.50. The van der Waals surface area contributed by atoms with Crippen molar-refractivity contribution in [2.75, 3.05) is 12.4 Å². The number of ether oxygens (including phenoxy) is 1. The molecule has 0 heterocycles. The van der Waals surface area contributed by atoms with E-state index in [1.54, 1.807) is 54.6 Å². The largest absolute Gasteiger partial charge is 0.497 e. The van der Waals surface area contributed by atoms with E-state index in [0.29, 0.717) is 17.0 Å². The van der Waals surface area contributed by atoms with Crippen LogP contribution in [0.4, 0.5) is 14.5 Å². The molecule has 2 rings (SSSR count). The Labute approximate surface area is 141 Å². The molecule has 2 aromatic rings. The van der Waals surface area contributed by atoms with Crippen LogP contribution in [-0.4, -0.2) is 17.7 Å². The minimum atomic E-state index is -3.36. The Bertz CT molecular complexity index is 695. The first-order valence-electron chi connectivity index (χ1n) is 6.69. The van der Waals surface area contributed by atoms with Crippen LogP contribution in [-0.2, 0) is 0 Å². The zero-order valence-electron chi connectivity index (χ0n) is 12.2. The van der Waals surface area contributed by atoms with Crippen LogP contribution in [0.25, 0.3) is 0 Å². The number of methoxy groups -OCH3 is 1. The Morgan fingerprint density at radius 3 is 2.26 bits per heavy atom. The van der Waals surface area contributed by atoms with Gasteiger partial charge >= 0.3 is 4.83 Å². The van der Waals surface area contributed by atoms with Crippen molar-refractivity contribution >= 4 is 27.4 Å². The predicted molar refractivity (Wildman–Crippen MR) is 89.3 cm³/mol. The average Bonchev–Trinajstić information content (AvgIpc) is 2.54. The zero-order chi connectivity index (χ0) is 16.9. The van der Waals surface area contributed by atoms with Gasteiger partial charge in [0.2, 0.25) is 0 Å². The summed E-state index contributed by atoms with van der Waals surface area (Å²) in [5.74, 6) is 0.0905. The number of hydrogen-bond donors (Lipinski definition) is 1. The van der Waals surface area contributed by atoms with Crippen molar-refractivity contribution in [1.29, 1.82) is 0 Å². The molecule has 0 aliphatic rings. The van der Waals surface area contributed by atoms with Crippen LogP contribution in [0.3, 0.4) is 0 Å². The maximum atomic E-state index is 13.7. The van der Waals surface area contributed by atoms with Gasteiger partial charge in [-0.25, -0.2) is 0 Å². The maximum absolute atomic E-state index is 13.7. The number of anilines is 1. The van der Waals surface area contributed by atoms with Crippen LogP contribution < -0.4 is 10.1 Å². The Hall–Kier alpha value is -2.21. The number of allylic oxidation sites excluding steroid dienone is 2. The quantitative estimate of drug-likeness (QED) is 0.441. The van der Waals surface area contributed by atoms with Gasteiger partial charge in [-0.05, 0) is 40.2 Å². The molecule has 0 saturated carbocycles. The number of halogens is 3. The molecule has 3 nitrogen and oxygen atoms in total. The van der Waals surface area contributed by atoms with Crippen LogP contribution in [0, 0.1) is 0 Å². The SMILES string of the molecule is COc1ccc(N/C(=C\C(=O)c2ccccc2)C(F)(F)Br)cc1. The molecule has 0 aromatic heterocycles. The predicted octanol–water partition coefficient (Wildman–Crippen LogP) is 4.86. The molecular weight excluding hydrogens is 368 g/mol. The fourth-order valence-corrected chi connectivity index (χ4v) is 2.05. The molecular formula is C17H14BrF2NO2. The fourth-order valence-electron chi connectivity index (χ4n) is 1.84. The summed E-state index contributed by atoms with van der Waals surface area (Å²) < 4.78 is 32.4. The summed E-state index contributed by atoms with van der Waals surface area (Å²) >= 11 is 2.29. The highest BCUT2D eigenvalue weighted by atomic mass is 79.9. The summed E-state index contributed by atoms with van der Waals surface area (Å²) in [7, 11) is 1.51. The Morgan fingerprint density at radius 1 is 1.13 bits per heavy atom. The molecule has 1 N–H and O–H groups in total. The number of hydrogen-bond acceptors (Lipinski definition) is 3. The molecule has 23 heavy (non-hydrogen) atoms. The van der Waals surface area contributed by atoms with E-state index in [4.69, 9.17) is 4.74 Å². The number of benzene rings is 2. The van der Waals surface area contributed by atoms with Gasteiger partial charge in [-0.3, -0.25) is 4.79 Å². The van der Waals surface area contributed by atoms with Gasteiger partial charge < -0.3 is 10.1 Å². The summed E-state index contributed by atoms with van der Waals surface area (Å²) in [6.45, 7) is 0. The van der Waals surface area contributed by atoms with Gasteiger partial charge in [0, 0.05) is 17.3 Å². The van der Waals surface area contributed by atoms with Crippen LogP contribution >= 0.6 is 15.9 Å². The van der Waals surface area contributed by atoms with E-state index in [9.17, 15) is 13.6 Å². The van der Waals surface area contributed by atoms with Crippen LogP contribution in [0.5, 0.6) is 5.75 Å². The van der Waals surface area contributed by atoms with Gasteiger partial charge in [0.1, 0.15) is 11.4 Å². The lowest BCUT2D eigenvalue weighted by Crippen LogP contribution is -2.19. The van der Waals surface area contributed by atoms with Gasteiger partial charge in [-0.2, -0.15) is 8.78 Å². The Balaban J connectivity index is 2.26. The second-order valence-corrected chi connectivity index (χ2v) is 5.64. The third-order valence-corrected chi connectivity index (χ3v) is 3.44. The molecule has 0 unspecified atom stereocenters. The average molecular weight is 382 g/mol. The molecule has 120 valence electrons. The minimum absolute atomic E-state index is 0.332. The van der Waals surface area contributed by atoms with E-state index in [2.05, 4.69) is 21.2 Å². The van der Waals surface area contributed by atoms with E-state index in [-0.39, 0.29) is 0 Å². The lowest BCUT2D eigenvalue weighted by atomic mass is 10.1. The molecule has 0 fully saturated rings. The molecule has 6 heteroatoms. The number of carbonyl (C=O) groups is 1. The van der Waals surface area contributed by atoms with Crippen molar-refractivity contribution in [2.45, 2.75) is 4.83 Å². The molecule has 0 amide bonds. The van der Waals surface area contributed by atoms with E-state index in [1.807, 2.05) is 0 Å². The number of alkyl halides is 3. The van der Waals surface area contributed by atoms with Crippen molar-refractivity contribution in [3.05, 3.63) is 71.9 Å². The number of rotatable bonds is 6. The first kappa shape index (κ1) is 17.1. The highest BCUT2D eigenvalue weighted by molar-refractivity contribution is 9.10. The van der Waals surface area contributed by atoms with Crippen LogP contribution in [0.2, 0.25) is 0 Å². The minimum Gasteiger partial charge on any atom is -0.497 e. The molecule has 0 bridgehead atoms. The molecule has 0 aliphatic carbocycles. The first-order chi connectivity index (χ1) is 10.9. The van der Waals surface area contributed by atoms with Crippen molar-refractivity contribution < 1.29 is 18.3 Å². The van der Waals surface area contributed by atoms with Crippen molar-refractivity contribution in [2.24, 2.45) is 0 Å². The third-order valence-electron chi connectivity index (χ3n) is 3.01. The van der Waals surface area contributed by atoms with Crippen molar-refractivity contribution in [3.8, 4) is 5.75 Å². The van der Waals surface area contributed by atoms with E-state index in [1.165, 1.54) is 7.11 Å². The highest BCUT2D eigenvalue weighted by Crippen LogP contribution is 2.32. The summed E-state index contributed by atoms with van der Waals surface area (Å²) in [4.78, 5) is 8.74. The van der Waals surface area contributed by atoms with Crippen molar-refractivity contribution in [3.63, 3.8) is 0 Å². The summed E-state index contributed by atoms with van der Waals surface area (Å²) in [6.07, 6.45) is 0.883. The van der Waals surface area contributed by atoms with Gasteiger partial charge in [-0.15, -0.1) is 0 Å². The van der Waals surface area contributed by atoms with Crippen LogP contribution in [0.15, 0.2) is 66.4 Å². The van der Waals surface area contributed by atoms with Gasteiger partial charge in [0.15, 0.2) is 5.78 Å². The van der Waals surface area contributed by atoms with E-state index < -0.39 is 16.3 Å². The van der Waals surface area contributed by atoms with E-state index >= 15 is 0 Å². The summed E-state index contributed by atoms with van der Waals surface area (Å²) in [6, 6.07) is 14.6. The zero-order valence-corrected chi connectivity index (χ0v) is 13.8. The lowest BCUT2D eigenvalue weighted by Gasteiger charge is -2.16. The van der Waals surface area contributed by atoms with Crippen molar-refractivity contribution in [1.82, 2.24) is 0 Å². The molecule has 0 radical (unpaired) electrons. The van der Waals surface area contributed by atoms with Gasteiger partial charge in [0.25, 0.3) is 0 Å². The maximum Gasteiger partial charge on any atom is 0.341 e. The smallest absolute Gasteiger partial charge is 0.341 e. The molecule has 2 aromatic carbocycles. The van der Waals surface area contributed by atoms with Gasteiger partial charge in [0.05, 0.1) is 7.11 Å². The fraction of sp³-hybridized carbons (Fsp3) is 0.118. The third kappa shape index (κ3) is 4.89. The first-order valence-corrected chi connectivity index (χ1v) is 7.49. The summed E-state index contributed by atoms with van der Waals surface area (Å²) in [5, 5.41) is 2.56. The number of ketones is 1. The standard InChI is InChI=1S/C17H14BrF2NO2/c1-23-14-9-7-13(8-10-14)21-16(17(18,19)20)11-15(22)12-5-3-2-4-6-12/h2-11,21H,1H3/b16-11-. The number of nitrogens with one attached hydrogen (secondary N) is 1. The molecule has 0 atom stereocenters. The van der Waals surface area contributed by atoms with E-state index in [0.717, 1.165) is 6.08 Å². The molecule has 0 aliphatic heterocycles. The highest BCUT2D eigenvalue weighted by Gasteiger charge is 2.31. The molecule has 0 saturated heterocycles. The van der Waals surface area contributed by atoms with Gasteiger partial charge in [-0.1, -0.05) is 30.3 Å². The summed E-state index contributed by atoms with van der Waals surface area (Å²) in [5.41, 5.74) is 0.201. The monoisotopic (exact) mass is 381 g/mol. The Morgan fingerprint density at radius 2 is 1.74 bits per heavy atom. The lowest BCUT2D eigenvalue weighted by molar-refractivity contribution is 0.103. The second kappa shape index (κ2) is 7.37. The topological polar surface area (TPSA) is 38.3 Å². The number of carbonyl (C=O) groups excluding carboxylic acids is 1. The van der Waals surface area contributed by atoms with Crippen LogP contribution in [0.1, 0.15) is 10.4 Å². The molecule has 0 spiro atoms.